The van der Waals surface area contributed by atoms with Gasteiger partial charge in [-0.3, -0.25) is 14.7 Å². The molecule has 1 heterocycles. The van der Waals surface area contributed by atoms with E-state index in [1.54, 1.807) is 0 Å². The molecule has 0 aromatic rings. The molecule has 0 bridgehead atoms. The van der Waals surface area contributed by atoms with Gasteiger partial charge in [0.25, 0.3) is 0 Å². The smallest absolute Gasteiger partial charge is 0.407 e. The number of piperazine rings is 1. The van der Waals surface area contributed by atoms with Crippen LogP contribution in [0.2, 0.25) is 0 Å². The predicted octanol–water partition coefficient (Wildman–Crippen LogP) is 2.16. The molecular formula is C22H43IN6O3. The first kappa shape index (κ1) is 28.7. The summed E-state index contributed by atoms with van der Waals surface area (Å²) in [6.45, 7) is 14.8. The van der Waals surface area contributed by atoms with Crippen molar-refractivity contribution in [2.45, 2.75) is 78.0 Å². The van der Waals surface area contributed by atoms with E-state index in [2.05, 4.69) is 39.6 Å². The summed E-state index contributed by atoms with van der Waals surface area (Å²) in [5.41, 5.74) is -0.520. The van der Waals surface area contributed by atoms with E-state index in [9.17, 15) is 9.59 Å². The highest BCUT2D eigenvalue weighted by molar-refractivity contribution is 14.0. The molecule has 186 valence electrons. The van der Waals surface area contributed by atoms with E-state index in [0.29, 0.717) is 19.1 Å². The highest BCUT2D eigenvalue weighted by atomic mass is 127. The standard InChI is InChI=1S/C22H42N6O3.HI/c1-6-8-18(26-21(30)31-22(3,4)5)15-24-20(23-7-2)28-13-11-27(12-14-28)16-19(29)25-17-9-10-17;/h17-18H,6-16H2,1-5H3,(H,23,24)(H,25,29)(H,26,30);1H. The van der Waals surface area contributed by atoms with E-state index >= 15 is 0 Å². The molecule has 1 saturated carbocycles. The molecule has 0 radical (unpaired) electrons. The molecule has 1 saturated heterocycles. The molecule has 1 atom stereocenters. The van der Waals surface area contributed by atoms with Crippen LogP contribution in [0.5, 0.6) is 0 Å². The molecule has 2 aliphatic rings. The number of rotatable bonds is 9. The van der Waals surface area contributed by atoms with E-state index in [1.165, 1.54) is 0 Å². The van der Waals surface area contributed by atoms with Crippen LogP contribution in [0, 0.1) is 0 Å². The molecule has 2 amide bonds. The lowest BCUT2D eigenvalue weighted by Gasteiger charge is -2.36. The van der Waals surface area contributed by atoms with Crippen LogP contribution in [0.1, 0.15) is 60.3 Å². The SMILES string of the molecule is CCCC(CN=C(NCC)N1CCN(CC(=O)NC2CC2)CC1)NC(=O)OC(C)(C)C.I. The first-order valence-electron chi connectivity index (χ1n) is 11.7. The third-order valence-electron chi connectivity index (χ3n) is 5.14. The van der Waals surface area contributed by atoms with Gasteiger partial charge in [0.05, 0.1) is 19.1 Å². The maximum atomic E-state index is 12.2. The van der Waals surface area contributed by atoms with Gasteiger partial charge in [0, 0.05) is 38.8 Å². The molecule has 10 heteroatoms. The summed E-state index contributed by atoms with van der Waals surface area (Å²) in [6.07, 6.45) is 3.62. The van der Waals surface area contributed by atoms with Crippen LogP contribution in [0.25, 0.3) is 0 Å². The Balaban J connectivity index is 0.00000512. The lowest BCUT2D eigenvalue weighted by Crippen LogP contribution is -2.54. The minimum atomic E-state index is -0.520. The fourth-order valence-electron chi connectivity index (χ4n) is 3.48. The number of aliphatic imine (C=N–C) groups is 1. The second-order valence-electron chi connectivity index (χ2n) is 9.43. The van der Waals surface area contributed by atoms with Crippen molar-refractivity contribution in [3.8, 4) is 0 Å². The highest BCUT2D eigenvalue weighted by Crippen LogP contribution is 2.18. The monoisotopic (exact) mass is 566 g/mol. The fourth-order valence-corrected chi connectivity index (χ4v) is 3.48. The zero-order chi connectivity index (χ0) is 22.9. The minimum absolute atomic E-state index is 0. The number of amides is 2. The summed E-state index contributed by atoms with van der Waals surface area (Å²) in [6, 6.07) is 0.340. The van der Waals surface area contributed by atoms with Gasteiger partial charge in [-0.05, 0) is 47.0 Å². The molecule has 1 unspecified atom stereocenters. The zero-order valence-corrected chi connectivity index (χ0v) is 22.7. The van der Waals surface area contributed by atoms with E-state index < -0.39 is 11.7 Å². The van der Waals surface area contributed by atoms with Gasteiger partial charge < -0.3 is 25.6 Å². The number of nitrogens with one attached hydrogen (secondary N) is 3. The van der Waals surface area contributed by atoms with Gasteiger partial charge in [0.2, 0.25) is 5.91 Å². The van der Waals surface area contributed by atoms with Crippen LogP contribution in [-0.2, 0) is 9.53 Å². The maximum Gasteiger partial charge on any atom is 0.407 e. The molecule has 0 aromatic carbocycles. The lowest BCUT2D eigenvalue weighted by molar-refractivity contribution is -0.122. The quantitative estimate of drug-likeness (QED) is 0.225. The molecule has 9 nitrogen and oxygen atoms in total. The van der Waals surface area contributed by atoms with Crippen LogP contribution in [0.4, 0.5) is 4.79 Å². The molecule has 0 spiro atoms. The maximum absolute atomic E-state index is 12.2. The summed E-state index contributed by atoms with van der Waals surface area (Å²) in [7, 11) is 0. The summed E-state index contributed by atoms with van der Waals surface area (Å²) in [4.78, 5) is 33.4. The topological polar surface area (TPSA) is 98.3 Å². The van der Waals surface area contributed by atoms with E-state index in [4.69, 9.17) is 9.73 Å². The van der Waals surface area contributed by atoms with Gasteiger partial charge in [0.1, 0.15) is 5.60 Å². The van der Waals surface area contributed by atoms with Gasteiger partial charge in [0.15, 0.2) is 5.96 Å². The predicted molar refractivity (Wildman–Crippen MR) is 139 cm³/mol. The second-order valence-corrected chi connectivity index (χ2v) is 9.43. The van der Waals surface area contributed by atoms with Crippen LogP contribution in [0.3, 0.4) is 0 Å². The number of nitrogens with zero attached hydrogens (tertiary/aromatic N) is 3. The summed E-state index contributed by atoms with van der Waals surface area (Å²) in [5, 5.41) is 9.38. The minimum Gasteiger partial charge on any atom is -0.444 e. The van der Waals surface area contributed by atoms with Crippen LogP contribution in [0.15, 0.2) is 4.99 Å². The third kappa shape index (κ3) is 11.5. The molecule has 2 fully saturated rings. The second kappa shape index (κ2) is 14.1. The van der Waals surface area contributed by atoms with E-state index in [1.807, 2.05) is 20.8 Å². The van der Waals surface area contributed by atoms with Crippen molar-refractivity contribution in [1.29, 1.82) is 0 Å². The zero-order valence-electron chi connectivity index (χ0n) is 20.4. The first-order valence-corrected chi connectivity index (χ1v) is 11.7. The molecule has 32 heavy (non-hydrogen) atoms. The normalized spacial score (nSPS) is 18.4. The largest absolute Gasteiger partial charge is 0.444 e. The van der Waals surface area contributed by atoms with Crippen molar-refractivity contribution in [3.05, 3.63) is 0 Å². The first-order chi connectivity index (χ1) is 14.7. The molecule has 0 aromatic heterocycles. The lowest BCUT2D eigenvalue weighted by atomic mass is 10.1. The van der Waals surface area contributed by atoms with Crippen molar-refractivity contribution in [3.63, 3.8) is 0 Å². The Morgan fingerprint density at radius 3 is 2.31 bits per heavy atom. The van der Waals surface area contributed by atoms with Crippen molar-refractivity contribution in [2.24, 2.45) is 4.99 Å². The number of hydrogen-bond donors (Lipinski definition) is 3. The van der Waals surface area contributed by atoms with E-state index in [0.717, 1.165) is 64.4 Å². The van der Waals surface area contributed by atoms with Gasteiger partial charge in [-0.25, -0.2) is 4.79 Å². The summed E-state index contributed by atoms with van der Waals surface area (Å²) < 4.78 is 5.39. The van der Waals surface area contributed by atoms with Crippen molar-refractivity contribution in [2.75, 3.05) is 45.8 Å². The van der Waals surface area contributed by atoms with Crippen LogP contribution >= 0.6 is 24.0 Å². The van der Waals surface area contributed by atoms with E-state index in [-0.39, 0.29) is 35.9 Å². The Morgan fingerprint density at radius 1 is 1.12 bits per heavy atom. The average molecular weight is 567 g/mol. The van der Waals surface area contributed by atoms with Gasteiger partial charge >= 0.3 is 6.09 Å². The van der Waals surface area contributed by atoms with Gasteiger partial charge in [-0.2, -0.15) is 0 Å². The number of alkyl carbamates (subject to hydrolysis) is 1. The Bertz CT molecular complexity index is 613. The number of ether oxygens (including phenoxy) is 1. The van der Waals surface area contributed by atoms with Crippen LogP contribution in [-0.4, -0.2) is 91.3 Å². The highest BCUT2D eigenvalue weighted by Gasteiger charge is 2.26. The van der Waals surface area contributed by atoms with Crippen molar-refractivity contribution in [1.82, 2.24) is 25.8 Å². The Labute approximate surface area is 210 Å². The number of carbonyl (C=O) groups is 2. The number of guanidine groups is 1. The van der Waals surface area contributed by atoms with Gasteiger partial charge in [-0.1, -0.05) is 13.3 Å². The molecule has 1 aliphatic carbocycles. The summed E-state index contributed by atoms with van der Waals surface area (Å²) in [5.74, 6) is 0.990. The molecular weight excluding hydrogens is 523 g/mol. The Morgan fingerprint density at radius 2 is 1.78 bits per heavy atom. The Hall–Kier alpha value is -1.30. The van der Waals surface area contributed by atoms with Crippen molar-refractivity contribution < 1.29 is 14.3 Å². The number of hydrogen-bond acceptors (Lipinski definition) is 5. The average Bonchev–Trinajstić information content (AvgIpc) is 3.48. The number of carbonyl (C=O) groups excluding carboxylic acids is 2. The fraction of sp³-hybridized carbons (Fsp3) is 0.864. The summed E-state index contributed by atoms with van der Waals surface area (Å²) >= 11 is 0. The molecule has 3 N–H and O–H groups in total. The van der Waals surface area contributed by atoms with Crippen LogP contribution < -0.4 is 16.0 Å². The molecule has 2 rings (SSSR count). The Kier molecular flexibility index (Phi) is 12.6. The van der Waals surface area contributed by atoms with Gasteiger partial charge in [-0.15, -0.1) is 24.0 Å². The third-order valence-corrected chi connectivity index (χ3v) is 5.14. The van der Waals surface area contributed by atoms with Crippen molar-refractivity contribution >= 4 is 41.9 Å². The molecule has 1 aliphatic heterocycles. The number of halogens is 1.